The topological polar surface area (TPSA) is 15.8 Å². The van der Waals surface area contributed by atoms with Crippen LogP contribution in [0.4, 0.5) is 0 Å². The van der Waals surface area contributed by atoms with E-state index in [9.17, 15) is 0 Å². The number of aromatic amines is 1. The van der Waals surface area contributed by atoms with Gasteiger partial charge < -0.3 is 4.98 Å². The van der Waals surface area contributed by atoms with Crippen molar-refractivity contribution < 1.29 is 0 Å². The van der Waals surface area contributed by atoms with Crippen LogP contribution < -0.4 is 0 Å². The molecule has 0 aliphatic carbocycles. The second-order valence-electron chi connectivity index (χ2n) is 2.55. The summed E-state index contributed by atoms with van der Waals surface area (Å²) in [6, 6.07) is 2.16. The average molecular weight is 213 g/mol. The highest BCUT2D eigenvalue weighted by Gasteiger charge is 2.00. The molecule has 12 heavy (non-hydrogen) atoms. The molecule has 0 atom stereocenters. The summed E-state index contributed by atoms with van der Waals surface area (Å²) in [5.74, 6) is 0. The third-order valence-electron chi connectivity index (χ3n) is 1.52. The van der Waals surface area contributed by atoms with E-state index in [-0.39, 0.29) is 0 Å². The van der Waals surface area contributed by atoms with Crippen LogP contribution in [-0.4, -0.2) is 4.98 Å². The molecule has 62 valence electrons. The van der Waals surface area contributed by atoms with E-state index >= 15 is 0 Å². The summed E-state index contributed by atoms with van der Waals surface area (Å²) in [6.45, 7) is 2.10. The van der Waals surface area contributed by atoms with Crippen LogP contribution in [0.25, 0.3) is 10.6 Å². The third-order valence-corrected chi connectivity index (χ3v) is 3.66. The van der Waals surface area contributed by atoms with Gasteiger partial charge in [0, 0.05) is 5.38 Å². The monoisotopic (exact) mass is 213 g/mol. The number of thiazole rings is 1. The lowest BCUT2D eigenvalue weighted by atomic mass is 10.3. The SMILES string of the molecule is Cc1csc(-c2csc(=S)[nH]2)c1. The molecule has 0 unspecified atom stereocenters. The predicted molar refractivity (Wildman–Crippen MR) is 57.6 cm³/mol. The van der Waals surface area contributed by atoms with Gasteiger partial charge in [-0.2, -0.15) is 0 Å². The predicted octanol–water partition coefficient (Wildman–Crippen LogP) is 3.84. The van der Waals surface area contributed by atoms with Gasteiger partial charge in [-0.3, -0.25) is 0 Å². The van der Waals surface area contributed by atoms with Crippen molar-refractivity contribution in [3.8, 4) is 10.6 Å². The van der Waals surface area contributed by atoms with Gasteiger partial charge in [-0.25, -0.2) is 0 Å². The summed E-state index contributed by atoms with van der Waals surface area (Å²) >= 11 is 8.33. The van der Waals surface area contributed by atoms with E-state index in [0.717, 1.165) is 9.65 Å². The average Bonchev–Trinajstić information content (AvgIpc) is 2.58. The number of nitrogens with one attached hydrogen (secondary N) is 1. The highest BCUT2D eigenvalue weighted by atomic mass is 32.1. The number of aromatic nitrogens is 1. The molecular weight excluding hydrogens is 206 g/mol. The highest BCUT2D eigenvalue weighted by Crippen LogP contribution is 2.26. The molecule has 0 saturated heterocycles. The molecule has 0 bridgehead atoms. The van der Waals surface area contributed by atoms with Crippen LogP contribution >= 0.6 is 34.9 Å². The number of hydrogen-bond donors (Lipinski definition) is 1. The smallest absolute Gasteiger partial charge is 0.158 e. The molecular formula is C8H7NS3. The van der Waals surface area contributed by atoms with Crippen molar-refractivity contribution in [3.63, 3.8) is 0 Å². The van der Waals surface area contributed by atoms with Crippen molar-refractivity contribution in [1.82, 2.24) is 4.98 Å². The Balaban J connectivity index is 2.50. The van der Waals surface area contributed by atoms with Gasteiger partial charge in [0.15, 0.2) is 3.95 Å². The molecule has 2 rings (SSSR count). The van der Waals surface area contributed by atoms with Crippen LogP contribution in [-0.2, 0) is 0 Å². The first-order chi connectivity index (χ1) is 5.75. The van der Waals surface area contributed by atoms with Crippen LogP contribution in [0.3, 0.4) is 0 Å². The molecule has 0 saturated carbocycles. The molecule has 0 aliphatic heterocycles. The summed E-state index contributed by atoms with van der Waals surface area (Å²) in [7, 11) is 0. The molecule has 4 heteroatoms. The Morgan fingerprint density at radius 3 is 2.67 bits per heavy atom. The number of thiophene rings is 1. The van der Waals surface area contributed by atoms with Gasteiger partial charge in [-0.15, -0.1) is 22.7 Å². The molecule has 1 N–H and O–H groups in total. The van der Waals surface area contributed by atoms with Crippen LogP contribution in [0.2, 0.25) is 0 Å². The first kappa shape index (κ1) is 8.16. The van der Waals surface area contributed by atoms with Crippen molar-refractivity contribution in [1.29, 1.82) is 0 Å². The minimum Gasteiger partial charge on any atom is -0.336 e. The van der Waals surface area contributed by atoms with Crippen molar-refractivity contribution in [3.05, 3.63) is 26.3 Å². The fourth-order valence-corrected chi connectivity index (χ4v) is 2.75. The number of aryl methyl sites for hydroxylation is 1. The zero-order valence-corrected chi connectivity index (χ0v) is 8.91. The maximum Gasteiger partial charge on any atom is 0.158 e. The van der Waals surface area contributed by atoms with E-state index < -0.39 is 0 Å². The molecule has 0 radical (unpaired) electrons. The van der Waals surface area contributed by atoms with E-state index in [1.165, 1.54) is 10.4 Å². The maximum atomic E-state index is 5.01. The quantitative estimate of drug-likeness (QED) is 0.712. The van der Waals surface area contributed by atoms with Gasteiger partial charge in [0.2, 0.25) is 0 Å². The van der Waals surface area contributed by atoms with Crippen LogP contribution in [0.1, 0.15) is 5.56 Å². The number of rotatable bonds is 1. The summed E-state index contributed by atoms with van der Waals surface area (Å²) in [5, 5.41) is 4.21. The molecule has 0 fully saturated rings. The molecule has 0 aromatic carbocycles. The Hall–Kier alpha value is -0.450. The Morgan fingerprint density at radius 1 is 1.33 bits per heavy atom. The Morgan fingerprint density at radius 2 is 2.17 bits per heavy atom. The summed E-state index contributed by atoms with van der Waals surface area (Å²) < 4.78 is 0.844. The maximum absolute atomic E-state index is 5.01. The minimum atomic E-state index is 0.844. The molecule has 0 aliphatic rings. The molecule has 2 aromatic rings. The van der Waals surface area contributed by atoms with Crippen molar-refractivity contribution in [2.75, 3.05) is 0 Å². The fourth-order valence-electron chi connectivity index (χ4n) is 0.973. The second kappa shape index (κ2) is 3.12. The molecule has 1 nitrogen and oxygen atoms in total. The van der Waals surface area contributed by atoms with Gasteiger partial charge in [0.05, 0.1) is 10.6 Å². The normalized spacial score (nSPS) is 10.4. The van der Waals surface area contributed by atoms with E-state index in [0.29, 0.717) is 0 Å². The summed E-state index contributed by atoms with van der Waals surface area (Å²) in [5.41, 5.74) is 2.45. The van der Waals surface area contributed by atoms with Gasteiger partial charge in [0.25, 0.3) is 0 Å². The van der Waals surface area contributed by atoms with Crippen molar-refractivity contribution >= 4 is 34.9 Å². The van der Waals surface area contributed by atoms with E-state index in [4.69, 9.17) is 12.2 Å². The van der Waals surface area contributed by atoms with Crippen LogP contribution in [0.5, 0.6) is 0 Å². The third kappa shape index (κ3) is 1.50. The Labute approximate surface area is 83.7 Å². The van der Waals surface area contributed by atoms with Crippen molar-refractivity contribution in [2.24, 2.45) is 0 Å². The molecule has 2 aromatic heterocycles. The lowest BCUT2D eigenvalue weighted by Crippen LogP contribution is -1.68. The minimum absolute atomic E-state index is 0.844. The number of hydrogen-bond acceptors (Lipinski definition) is 3. The zero-order chi connectivity index (χ0) is 8.55. The molecule has 0 amide bonds. The van der Waals surface area contributed by atoms with Gasteiger partial charge in [0.1, 0.15) is 0 Å². The van der Waals surface area contributed by atoms with Gasteiger partial charge in [-0.1, -0.05) is 0 Å². The zero-order valence-electron chi connectivity index (χ0n) is 6.46. The Kier molecular flexibility index (Phi) is 2.12. The second-order valence-corrected chi connectivity index (χ2v) is 5.01. The van der Waals surface area contributed by atoms with E-state index in [1.807, 2.05) is 0 Å². The molecule has 0 spiro atoms. The summed E-state index contributed by atoms with van der Waals surface area (Å²) in [6.07, 6.45) is 0. The lowest BCUT2D eigenvalue weighted by Gasteiger charge is -1.86. The van der Waals surface area contributed by atoms with Crippen molar-refractivity contribution in [2.45, 2.75) is 6.92 Å². The van der Waals surface area contributed by atoms with E-state index in [1.54, 1.807) is 22.7 Å². The van der Waals surface area contributed by atoms with Gasteiger partial charge >= 0.3 is 0 Å². The first-order valence-corrected chi connectivity index (χ1v) is 5.66. The van der Waals surface area contributed by atoms with Gasteiger partial charge in [-0.05, 0) is 36.2 Å². The summed E-state index contributed by atoms with van der Waals surface area (Å²) in [4.78, 5) is 4.41. The van der Waals surface area contributed by atoms with Crippen LogP contribution in [0, 0.1) is 10.9 Å². The van der Waals surface area contributed by atoms with E-state index in [2.05, 4.69) is 28.7 Å². The first-order valence-electron chi connectivity index (χ1n) is 3.49. The Bertz CT molecular complexity index is 435. The lowest BCUT2D eigenvalue weighted by molar-refractivity contribution is 1.40. The highest BCUT2D eigenvalue weighted by molar-refractivity contribution is 7.73. The largest absolute Gasteiger partial charge is 0.336 e. The van der Waals surface area contributed by atoms with Crippen LogP contribution in [0.15, 0.2) is 16.8 Å². The number of H-pyrrole nitrogens is 1. The molecule has 2 heterocycles. The standard InChI is InChI=1S/C8H7NS3/c1-5-2-7(11-3-5)6-4-12-8(10)9-6/h2-4H,1H3,(H,9,10). The fraction of sp³-hybridized carbons (Fsp3) is 0.125.